The molecule has 2 rings (SSSR count). The van der Waals surface area contributed by atoms with Crippen LogP contribution < -0.4 is 10.2 Å². The van der Waals surface area contributed by atoms with Gasteiger partial charge in [0, 0.05) is 25.6 Å². The van der Waals surface area contributed by atoms with E-state index in [1.165, 1.54) is 0 Å². The summed E-state index contributed by atoms with van der Waals surface area (Å²) in [7, 11) is 0. The number of amides is 1. The topological polar surface area (TPSA) is 58.1 Å². The third-order valence-electron chi connectivity index (χ3n) is 3.16. The average molecular weight is 269 g/mol. The van der Waals surface area contributed by atoms with Gasteiger partial charge in [0.1, 0.15) is 0 Å². The third kappa shape index (κ3) is 3.10. The standard InChI is InChI=1S/C12H17ClN4O/c1-2-14-12(18)9-5-7-17(8-6-9)11-4-3-10(13)15-16-11/h3-4,9H,2,5-8H2,1H3,(H,14,18). The van der Waals surface area contributed by atoms with Crippen LogP contribution >= 0.6 is 11.6 Å². The van der Waals surface area contributed by atoms with Crippen LogP contribution in [0.4, 0.5) is 5.82 Å². The number of anilines is 1. The summed E-state index contributed by atoms with van der Waals surface area (Å²) in [5.41, 5.74) is 0. The Bertz CT molecular complexity index is 401. The summed E-state index contributed by atoms with van der Waals surface area (Å²) >= 11 is 5.71. The second-order valence-electron chi connectivity index (χ2n) is 4.37. The Morgan fingerprint density at radius 3 is 2.72 bits per heavy atom. The predicted octanol–water partition coefficient (Wildman–Crippen LogP) is 1.48. The fourth-order valence-electron chi connectivity index (χ4n) is 2.17. The number of piperidine rings is 1. The van der Waals surface area contributed by atoms with Crippen LogP contribution in [-0.2, 0) is 4.79 Å². The first-order valence-corrected chi connectivity index (χ1v) is 6.60. The average Bonchev–Trinajstić information content (AvgIpc) is 2.40. The third-order valence-corrected chi connectivity index (χ3v) is 3.36. The van der Waals surface area contributed by atoms with E-state index in [1.54, 1.807) is 6.07 Å². The fraction of sp³-hybridized carbons (Fsp3) is 0.583. The number of hydrogen-bond donors (Lipinski definition) is 1. The van der Waals surface area contributed by atoms with Crippen molar-refractivity contribution >= 4 is 23.3 Å². The maximum atomic E-state index is 11.7. The molecule has 0 saturated carbocycles. The second-order valence-corrected chi connectivity index (χ2v) is 4.76. The zero-order chi connectivity index (χ0) is 13.0. The molecule has 6 heteroatoms. The Hall–Kier alpha value is -1.36. The molecular formula is C12H17ClN4O. The highest BCUT2D eigenvalue weighted by Gasteiger charge is 2.25. The number of carbonyl (C=O) groups excluding carboxylic acids is 1. The summed E-state index contributed by atoms with van der Waals surface area (Å²) in [6.07, 6.45) is 1.71. The summed E-state index contributed by atoms with van der Waals surface area (Å²) in [5.74, 6) is 1.12. The molecule has 0 atom stereocenters. The maximum Gasteiger partial charge on any atom is 0.223 e. The minimum Gasteiger partial charge on any atom is -0.356 e. The van der Waals surface area contributed by atoms with Crippen molar-refractivity contribution in [1.82, 2.24) is 15.5 Å². The number of nitrogens with one attached hydrogen (secondary N) is 1. The van der Waals surface area contributed by atoms with Crippen LogP contribution in [0.3, 0.4) is 0 Å². The van der Waals surface area contributed by atoms with Gasteiger partial charge in [-0.05, 0) is 31.9 Å². The molecule has 1 saturated heterocycles. The summed E-state index contributed by atoms with van der Waals surface area (Å²) in [6.45, 7) is 4.30. The molecule has 1 N–H and O–H groups in total. The highest BCUT2D eigenvalue weighted by molar-refractivity contribution is 6.29. The minimum absolute atomic E-state index is 0.126. The van der Waals surface area contributed by atoms with E-state index in [1.807, 2.05) is 13.0 Å². The van der Waals surface area contributed by atoms with Crippen LogP contribution in [0.5, 0.6) is 0 Å². The Morgan fingerprint density at radius 1 is 1.44 bits per heavy atom. The van der Waals surface area contributed by atoms with Gasteiger partial charge in [0.2, 0.25) is 5.91 Å². The molecule has 0 unspecified atom stereocenters. The van der Waals surface area contributed by atoms with E-state index in [-0.39, 0.29) is 11.8 Å². The van der Waals surface area contributed by atoms with Crippen molar-refractivity contribution in [2.75, 3.05) is 24.5 Å². The number of hydrogen-bond acceptors (Lipinski definition) is 4. The van der Waals surface area contributed by atoms with E-state index in [2.05, 4.69) is 20.4 Å². The highest BCUT2D eigenvalue weighted by Crippen LogP contribution is 2.21. The molecule has 0 bridgehead atoms. The van der Waals surface area contributed by atoms with Crippen molar-refractivity contribution in [2.45, 2.75) is 19.8 Å². The molecule has 1 aromatic heterocycles. The Kier molecular flexibility index (Phi) is 4.36. The van der Waals surface area contributed by atoms with E-state index in [0.717, 1.165) is 31.7 Å². The molecule has 1 aliphatic heterocycles. The van der Waals surface area contributed by atoms with Gasteiger partial charge in [-0.2, -0.15) is 0 Å². The van der Waals surface area contributed by atoms with Crippen molar-refractivity contribution in [2.24, 2.45) is 5.92 Å². The summed E-state index contributed by atoms with van der Waals surface area (Å²) in [5, 5.41) is 11.2. The molecule has 0 aromatic carbocycles. The van der Waals surface area contributed by atoms with Crippen molar-refractivity contribution in [3.05, 3.63) is 17.3 Å². The SMILES string of the molecule is CCNC(=O)C1CCN(c2ccc(Cl)nn2)CC1. The van der Waals surface area contributed by atoms with Crippen molar-refractivity contribution in [3.8, 4) is 0 Å². The lowest BCUT2D eigenvalue weighted by atomic mass is 9.96. The van der Waals surface area contributed by atoms with E-state index >= 15 is 0 Å². The summed E-state index contributed by atoms with van der Waals surface area (Å²) < 4.78 is 0. The molecule has 0 aliphatic carbocycles. The molecule has 1 aromatic rings. The predicted molar refractivity (Wildman–Crippen MR) is 70.7 cm³/mol. The van der Waals surface area contributed by atoms with Crippen molar-refractivity contribution in [3.63, 3.8) is 0 Å². The molecular weight excluding hydrogens is 252 g/mol. The van der Waals surface area contributed by atoms with E-state index < -0.39 is 0 Å². The van der Waals surface area contributed by atoms with Crippen molar-refractivity contribution < 1.29 is 4.79 Å². The zero-order valence-electron chi connectivity index (χ0n) is 10.4. The molecule has 1 amide bonds. The van der Waals surface area contributed by atoms with Gasteiger partial charge in [-0.1, -0.05) is 11.6 Å². The van der Waals surface area contributed by atoms with Crippen LogP contribution in [0.1, 0.15) is 19.8 Å². The smallest absolute Gasteiger partial charge is 0.223 e. The fourth-order valence-corrected chi connectivity index (χ4v) is 2.27. The van der Waals surface area contributed by atoms with Gasteiger partial charge in [-0.25, -0.2) is 0 Å². The minimum atomic E-state index is 0.126. The van der Waals surface area contributed by atoms with E-state index in [9.17, 15) is 4.79 Å². The van der Waals surface area contributed by atoms with E-state index in [4.69, 9.17) is 11.6 Å². The monoisotopic (exact) mass is 268 g/mol. The summed E-state index contributed by atoms with van der Waals surface area (Å²) in [6, 6.07) is 3.60. The van der Waals surface area contributed by atoms with Gasteiger partial charge < -0.3 is 10.2 Å². The molecule has 5 nitrogen and oxygen atoms in total. The van der Waals surface area contributed by atoms with Crippen LogP contribution in [0.25, 0.3) is 0 Å². The number of nitrogens with zero attached hydrogens (tertiary/aromatic N) is 3. The molecule has 1 fully saturated rings. The lowest BCUT2D eigenvalue weighted by Crippen LogP contribution is -2.40. The van der Waals surface area contributed by atoms with Crippen LogP contribution in [-0.4, -0.2) is 35.7 Å². The van der Waals surface area contributed by atoms with Gasteiger partial charge >= 0.3 is 0 Å². The maximum absolute atomic E-state index is 11.7. The molecule has 2 heterocycles. The first kappa shape index (κ1) is 13.1. The van der Waals surface area contributed by atoms with Gasteiger partial charge in [0.15, 0.2) is 11.0 Å². The largest absolute Gasteiger partial charge is 0.356 e. The number of rotatable bonds is 3. The van der Waals surface area contributed by atoms with Crippen LogP contribution in [0.2, 0.25) is 5.15 Å². The number of aromatic nitrogens is 2. The molecule has 0 radical (unpaired) electrons. The van der Waals surface area contributed by atoms with Crippen molar-refractivity contribution in [1.29, 1.82) is 0 Å². The Labute approximate surface area is 112 Å². The lowest BCUT2D eigenvalue weighted by molar-refractivity contribution is -0.125. The number of carbonyl (C=O) groups is 1. The second kappa shape index (κ2) is 6.00. The quantitative estimate of drug-likeness (QED) is 0.902. The Morgan fingerprint density at radius 2 is 2.17 bits per heavy atom. The van der Waals surface area contributed by atoms with Gasteiger partial charge in [-0.15, -0.1) is 10.2 Å². The highest BCUT2D eigenvalue weighted by atomic mass is 35.5. The number of halogens is 1. The Balaban J connectivity index is 1.90. The molecule has 0 spiro atoms. The van der Waals surface area contributed by atoms with Gasteiger partial charge in [0.05, 0.1) is 0 Å². The lowest BCUT2D eigenvalue weighted by Gasteiger charge is -2.31. The first-order chi connectivity index (χ1) is 8.70. The van der Waals surface area contributed by atoms with E-state index in [0.29, 0.717) is 11.7 Å². The van der Waals surface area contributed by atoms with Gasteiger partial charge in [-0.3, -0.25) is 4.79 Å². The zero-order valence-corrected chi connectivity index (χ0v) is 11.2. The normalized spacial score (nSPS) is 16.7. The van der Waals surface area contributed by atoms with Crippen LogP contribution in [0, 0.1) is 5.92 Å². The van der Waals surface area contributed by atoms with Crippen LogP contribution in [0.15, 0.2) is 12.1 Å². The first-order valence-electron chi connectivity index (χ1n) is 6.22. The summed E-state index contributed by atoms with van der Waals surface area (Å²) in [4.78, 5) is 13.8. The van der Waals surface area contributed by atoms with Gasteiger partial charge in [0.25, 0.3) is 0 Å². The molecule has 18 heavy (non-hydrogen) atoms. The molecule has 1 aliphatic rings. The molecule has 98 valence electrons.